The number of carbonyl (C=O) groups is 1. The molecule has 0 fully saturated rings. The molecule has 16 heavy (non-hydrogen) atoms. The van der Waals surface area contributed by atoms with Crippen molar-refractivity contribution in [3.05, 3.63) is 23.3 Å². The maximum atomic E-state index is 10.00. The zero-order valence-electron chi connectivity index (χ0n) is 8.94. The Bertz CT molecular complexity index is 387. The van der Waals surface area contributed by atoms with Gasteiger partial charge in [-0.25, -0.2) is 0 Å². The van der Waals surface area contributed by atoms with Gasteiger partial charge >= 0.3 is 0 Å². The molecule has 1 aliphatic heterocycles. The molecule has 1 N–H and O–H groups in total. The average Bonchev–Trinajstić information content (AvgIpc) is 2.30. The summed E-state index contributed by atoms with van der Waals surface area (Å²) in [7, 11) is 0. The van der Waals surface area contributed by atoms with Gasteiger partial charge in [0.15, 0.2) is 0 Å². The number of fused-ring (bicyclic) bond motifs is 1. The number of phenols is 1. The minimum absolute atomic E-state index is 0.276. The lowest BCUT2D eigenvalue weighted by atomic mass is 10.0. The lowest BCUT2D eigenvalue weighted by molar-refractivity contribution is -0.128. The average molecular weight is 222 g/mol. The lowest BCUT2D eigenvalue weighted by Crippen LogP contribution is -2.09. The first-order valence-corrected chi connectivity index (χ1v) is 5.34. The molecule has 1 aliphatic rings. The van der Waals surface area contributed by atoms with Crippen LogP contribution in [0.2, 0.25) is 0 Å². The van der Waals surface area contributed by atoms with Gasteiger partial charge < -0.3 is 14.6 Å². The van der Waals surface area contributed by atoms with E-state index in [9.17, 15) is 9.90 Å². The van der Waals surface area contributed by atoms with Crippen molar-refractivity contribution >= 4 is 6.47 Å². The molecular formula is C12H14O4. The molecule has 86 valence electrons. The maximum absolute atomic E-state index is 10.00. The molecule has 0 aromatic heterocycles. The Morgan fingerprint density at radius 1 is 1.50 bits per heavy atom. The Balaban J connectivity index is 2.15. The molecule has 0 aliphatic carbocycles. The monoisotopic (exact) mass is 222 g/mol. The number of rotatable bonds is 4. The van der Waals surface area contributed by atoms with E-state index >= 15 is 0 Å². The fourth-order valence-corrected chi connectivity index (χ4v) is 1.87. The van der Waals surface area contributed by atoms with Crippen LogP contribution < -0.4 is 4.74 Å². The third-order valence-corrected chi connectivity index (χ3v) is 2.65. The van der Waals surface area contributed by atoms with Crippen molar-refractivity contribution in [2.75, 3.05) is 13.2 Å². The first-order chi connectivity index (χ1) is 7.81. The topological polar surface area (TPSA) is 55.8 Å². The summed E-state index contributed by atoms with van der Waals surface area (Å²) in [5, 5.41) is 9.80. The fourth-order valence-electron chi connectivity index (χ4n) is 1.87. The van der Waals surface area contributed by atoms with Gasteiger partial charge in [-0.05, 0) is 30.5 Å². The first-order valence-electron chi connectivity index (χ1n) is 5.34. The molecule has 2 rings (SSSR count). The van der Waals surface area contributed by atoms with Crippen LogP contribution in [0.1, 0.15) is 17.5 Å². The second-order valence-corrected chi connectivity index (χ2v) is 3.76. The number of phenolic OH excluding ortho intramolecular Hbond substituents is 1. The van der Waals surface area contributed by atoms with Crippen LogP contribution in [0, 0.1) is 0 Å². The summed E-state index contributed by atoms with van der Waals surface area (Å²) in [5.74, 6) is 1.03. The fraction of sp³-hybridized carbons (Fsp3) is 0.417. The third-order valence-electron chi connectivity index (χ3n) is 2.65. The van der Waals surface area contributed by atoms with E-state index in [0.29, 0.717) is 26.1 Å². The summed E-state index contributed by atoms with van der Waals surface area (Å²) in [6, 6.07) is 3.62. The number of carbonyl (C=O) groups excluding carboxylic acids is 1. The minimum atomic E-state index is 0.276. The Labute approximate surface area is 93.8 Å². The van der Waals surface area contributed by atoms with Gasteiger partial charge in [-0.2, -0.15) is 0 Å². The second kappa shape index (κ2) is 4.88. The number of aromatic hydroxyl groups is 1. The van der Waals surface area contributed by atoms with E-state index in [1.54, 1.807) is 6.07 Å². The zero-order chi connectivity index (χ0) is 11.4. The highest BCUT2D eigenvalue weighted by molar-refractivity contribution is 5.48. The molecule has 0 saturated heterocycles. The van der Waals surface area contributed by atoms with Crippen molar-refractivity contribution in [3.8, 4) is 11.5 Å². The smallest absolute Gasteiger partial charge is 0.293 e. The predicted molar refractivity (Wildman–Crippen MR) is 57.6 cm³/mol. The van der Waals surface area contributed by atoms with Crippen LogP contribution in [-0.4, -0.2) is 24.8 Å². The standard InChI is InChI=1S/C12H14O4/c13-8-15-5-3-9-6-11(14)10-2-1-4-16-12(10)7-9/h6-8,14H,1-5H2. The minimum Gasteiger partial charge on any atom is -0.508 e. The molecule has 0 unspecified atom stereocenters. The normalized spacial score (nSPS) is 13.8. The van der Waals surface area contributed by atoms with Crippen LogP contribution in [-0.2, 0) is 22.4 Å². The van der Waals surface area contributed by atoms with Crippen molar-refractivity contribution in [1.29, 1.82) is 0 Å². The summed E-state index contributed by atoms with van der Waals surface area (Å²) < 4.78 is 10.1. The quantitative estimate of drug-likeness (QED) is 0.618. The molecule has 0 saturated carbocycles. The Morgan fingerprint density at radius 3 is 3.19 bits per heavy atom. The van der Waals surface area contributed by atoms with Gasteiger partial charge in [-0.1, -0.05) is 0 Å². The maximum Gasteiger partial charge on any atom is 0.293 e. The SMILES string of the molecule is O=COCCc1cc(O)c2c(c1)OCCC2. The van der Waals surface area contributed by atoms with Gasteiger partial charge in [0.2, 0.25) is 0 Å². The van der Waals surface area contributed by atoms with Crippen LogP contribution in [0.25, 0.3) is 0 Å². The van der Waals surface area contributed by atoms with Crippen molar-refractivity contribution in [2.45, 2.75) is 19.3 Å². The summed E-state index contributed by atoms with van der Waals surface area (Å²) in [5.41, 5.74) is 1.80. The van der Waals surface area contributed by atoms with E-state index in [1.807, 2.05) is 6.07 Å². The largest absolute Gasteiger partial charge is 0.508 e. The van der Waals surface area contributed by atoms with Crippen LogP contribution in [0.3, 0.4) is 0 Å². The van der Waals surface area contributed by atoms with Crippen LogP contribution in [0.4, 0.5) is 0 Å². The van der Waals surface area contributed by atoms with E-state index in [-0.39, 0.29) is 5.75 Å². The van der Waals surface area contributed by atoms with Gasteiger partial charge in [-0.15, -0.1) is 0 Å². The molecule has 0 radical (unpaired) electrons. The number of benzene rings is 1. The van der Waals surface area contributed by atoms with Gasteiger partial charge in [0.05, 0.1) is 13.2 Å². The third kappa shape index (κ3) is 2.27. The molecule has 1 aromatic rings. The Kier molecular flexibility index (Phi) is 3.29. The van der Waals surface area contributed by atoms with E-state index < -0.39 is 0 Å². The van der Waals surface area contributed by atoms with Gasteiger partial charge in [0.1, 0.15) is 11.5 Å². The molecule has 0 amide bonds. The van der Waals surface area contributed by atoms with Crippen molar-refractivity contribution in [2.24, 2.45) is 0 Å². The number of ether oxygens (including phenoxy) is 2. The van der Waals surface area contributed by atoms with E-state index in [0.717, 1.165) is 29.7 Å². The van der Waals surface area contributed by atoms with Crippen LogP contribution in [0.5, 0.6) is 11.5 Å². The molecule has 4 heteroatoms. The molecule has 1 aromatic carbocycles. The highest BCUT2D eigenvalue weighted by Crippen LogP contribution is 2.33. The summed E-state index contributed by atoms with van der Waals surface area (Å²) in [6.45, 7) is 1.44. The highest BCUT2D eigenvalue weighted by atomic mass is 16.5. The zero-order valence-corrected chi connectivity index (χ0v) is 8.94. The van der Waals surface area contributed by atoms with Gasteiger partial charge in [0.25, 0.3) is 6.47 Å². The van der Waals surface area contributed by atoms with Gasteiger partial charge in [0, 0.05) is 12.0 Å². The van der Waals surface area contributed by atoms with Crippen molar-refractivity contribution < 1.29 is 19.4 Å². The number of hydrogen-bond donors (Lipinski definition) is 1. The predicted octanol–water partition coefficient (Wildman–Crippen LogP) is 1.43. The van der Waals surface area contributed by atoms with E-state index in [1.165, 1.54) is 0 Å². The first kappa shape index (κ1) is 10.8. The number of hydrogen-bond acceptors (Lipinski definition) is 4. The van der Waals surface area contributed by atoms with Crippen LogP contribution >= 0.6 is 0 Å². The lowest BCUT2D eigenvalue weighted by Gasteiger charge is -2.19. The van der Waals surface area contributed by atoms with Crippen LogP contribution in [0.15, 0.2) is 12.1 Å². The molecule has 4 nitrogen and oxygen atoms in total. The molecule has 0 bridgehead atoms. The highest BCUT2D eigenvalue weighted by Gasteiger charge is 2.15. The Hall–Kier alpha value is -1.71. The summed E-state index contributed by atoms with van der Waals surface area (Å²) in [6.07, 6.45) is 2.38. The molecule has 0 spiro atoms. The van der Waals surface area contributed by atoms with Crippen molar-refractivity contribution in [1.82, 2.24) is 0 Å². The van der Waals surface area contributed by atoms with E-state index in [2.05, 4.69) is 4.74 Å². The van der Waals surface area contributed by atoms with E-state index in [4.69, 9.17) is 4.74 Å². The van der Waals surface area contributed by atoms with Gasteiger partial charge in [-0.3, -0.25) is 4.79 Å². The summed E-state index contributed by atoms with van der Waals surface area (Å²) >= 11 is 0. The Morgan fingerprint density at radius 2 is 2.38 bits per heavy atom. The molecule has 0 atom stereocenters. The second-order valence-electron chi connectivity index (χ2n) is 3.76. The molecular weight excluding hydrogens is 208 g/mol. The molecule has 1 heterocycles. The summed E-state index contributed by atoms with van der Waals surface area (Å²) in [4.78, 5) is 10.00. The van der Waals surface area contributed by atoms with Crippen molar-refractivity contribution in [3.63, 3.8) is 0 Å².